The lowest BCUT2D eigenvalue weighted by molar-refractivity contribution is 0.463. The average Bonchev–Trinajstić information content (AvgIpc) is 2.81. The third-order valence-corrected chi connectivity index (χ3v) is 3.93. The van der Waals surface area contributed by atoms with Crippen molar-refractivity contribution in [1.82, 2.24) is 5.32 Å². The number of fused-ring (bicyclic) bond motifs is 1. The van der Waals surface area contributed by atoms with Crippen LogP contribution in [0, 0.1) is 0 Å². The molecule has 0 heterocycles. The molecule has 0 aliphatic heterocycles. The highest BCUT2D eigenvalue weighted by Crippen LogP contribution is 2.24. The highest BCUT2D eigenvalue weighted by atomic mass is 16.3. The molecule has 2 N–H and O–H groups in total. The first-order valence-corrected chi connectivity index (χ1v) is 6.84. The van der Waals surface area contributed by atoms with Crippen LogP contribution in [0.25, 0.3) is 0 Å². The summed E-state index contributed by atoms with van der Waals surface area (Å²) < 4.78 is 0. The summed E-state index contributed by atoms with van der Waals surface area (Å²) in [5.74, 6) is 0.323. The molecule has 98 valence electrons. The molecular weight excluding hydrogens is 234 g/mol. The number of phenolic OH excluding ortho intramolecular Hbond substituents is 1. The summed E-state index contributed by atoms with van der Waals surface area (Å²) >= 11 is 0. The Morgan fingerprint density at radius 1 is 1.00 bits per heavy atom. The zero-order valence-corrected chi connectivity index (χ0v) is 11.1. The summed E-state index contributed by atoms with van der Waals surface area (Å²) in [6.45, 7) is 2.18. The molecule has 1 aliphatic rings. The van der Waals surface area contributed by atoms with Gasteiger partial charge in [-0.05, 0) is 48.6 Å². The van der Waals surface area contributed by atoms with Crippen molar-refractivity contribution >= 4 is 0 Å². The highest BCUT2D eigenvalue weighted by molar-refractivity contribution is 5.34. The Labute approximate surface area is 114 Å². The van der Waals surface area contributed by atoms with E-state index in [4.69, 9.17) is 0 Å². The highest BCUT2D eigenvalue weighted by Gasteiger charge is 2.22. The van der Waals surface area contributed by atoms with Gasteiger partial charge >= 0.3 is 0 Å². The second-order valence-electron chi connectivity index (χ2n) is 5.35. The van der Waals surface area contributed by atoms with Crippen molar-refractivity contribution < 1.29 is 5.11 Å². The molecule has 0 fully saturated rings. The van der Waals surface area contributed by atoms with Gasteiger partial charge in [-0.3, -0.25) is 0 Å². The number of rotatable bonds is 3. The maximum Gasteiger partial charge on any atom is 0.115 e. The molecule has 2 heteroatoms. The molecule has 1 atom stereocenters. The maximum absolute atomic E-state index is 9.32. The monoisotopic (exact) mass is 253 g/mol. The van der Waals surface area contributed by atoms with Crippen molar-refractivity contribution in [1.29, 1.82) is 0 Å². The molecule has 1 aliphatic carbocycles. The summed E-state index contributed by atoms with van der Waals surface area (Å²) in [7, 11) is 0. The fourth-order valence-corrected chi connectivity index (χ4v) is 2.89. The van der Waals surface area contributed by atoms with Crippen LogP contribution in [0.2, 0.25) is 0 Å². The van der Waals surface area contributed by atoms with Crippen molar-refractivity contribution in [3.8, 4) is 5.75 Å². The van der Waals surface area contributed by atoms with Crippen LogP contribution in [0.3, 0.4) is 0 Å². The van der Waals surface area contributed by atoms with E-state index >= 15 is 0 Å². The van der Waals surface area contributed by atoms with Gasteiger partial charge in [-0.1, -0.05) is 36.4 Å². The first-order valence-electron chi connectivity index (χ1n) is 6.84. The maximum atomic E-state index is 9.32. The number of nitrogens with one attached hydrogen (secondary N) is 1. The van der Waals surface area contributed by atoms with Gasteiger partial charge in [-0.2, -0.15) is 0 Å². The van der Waals surface area contributed by atoms with E-state index in [0.717, 1.165) is 12.8 Å². The summed E-state index contributed by atoms with van der Waals surface area (Å²) in [6.07, 6.45) is 2.22. The van der Waals surface area contributed by atoms with E-state index in [1.165, 1.54) is 16.7 Å². The molecule has 0 spiro atoms. The van der Waals surface area contributed by atoms with E-state index < -0.39 is 0 Å². The van der Waals surface area contributed by atoms with Gasteiger partial charge in [0.05, 0.1) is 0 Å². The zero-order chi connectivity index (χ0) is 13.2. The molecule has 2 aromatic rings. The van der Waals surface area contributed by atoms with E-state index in [0.29, 0.717) is 17.8 Å². The SMILES string of the molecule is CC(NC1Cc2ccccc2C1)c1ccc(O)cc1. The molecule has 0 radical (unpaired) electrons. The third kappa shape index (κ3) is 2.64. The first-order chi connectivity index (χ1) is 9.22. The van der Waals surface area contributed by atoms with Crippen molar-refractivity contribution in [3.05, 3.63) is 65.2 Å². The van der Waals surface area contributed by atoms with Crippen molar-refractivity contribution in [2.45, 2.75) is 31.8 Å². The smallest absolute Gasteiger partial charge is 0.115 e. The van der Waals surface area contributed by atoms with Gasteiger partial charge in [0.1, 0.15) is 5.75 Å². The molecule has 0 saturated heterocycles. The van der Waals surface area contributed by atoms with Crippen LogP contribution in [0.15, 0.2) is 48.5 Å². The van der Waals surface area contributed by atoms with Gasteiger partial charge in [-0.15, -0.1) is 0 Å². The molecule has 19 heavy (non-hydrogen) atoms. The third-order valence-electron chi connectivity index (χ3n) is 3.93. The van der Waals surface area contributed by atoms with Crippen LogP contribution in [-0.2, 0) is 12.8 Å². The van der Waals surface area contributed by atoms with Crippen LogP contribution in [0.1, 0.15) is 29.7 Å². The lowest BCUT2D eigenvalue weighted by Gasteiger charge is -2.19. The molecule has 0 saturated carbocycles. The summed E-state index contributed by atoms with van der Waals surface area (Å²) in [5.41, 5.74) is 4.16. The Hall–Kier alpha value is -1.80. The van der Waals surface area contributed by atoms with Gasteiger partial charge in [0.25, 0.3) is 0 Å². The van der Waals surface area contributed by atoms with Crippen molar-refractivity contribution in [2.24, 2.45) is 0 Å². The zero-order valence-electron chi connectivity index (χ0n) is 11.1. The normalized spacial score (nSPS) is 16.3. The van der Waals surface area contributed by atoms with E-state index in [2.05, 4.69) is 36.5 Å². The van der Waals surface area contributed by atoms with Crippen molar-refractivity contribution in [2.75, 3.05) is 0 Å². The fraction of sp³-hybridized carbons (Fsp3) is 0.294. The number of aromatic hydroxyl groups is 1. The molecule has 1 unspecified atom stereocenters. The summed E-state index contributed by atoms with van der Waals surface area (Å²) in [6, 6.07) is 17.0. The van der Waals surface area contributed by atoms with Crippen LogP contribution < -0.4 is 5.32 Å². The predicted octanol–water partition coefficient (Wildman–Crippen LogP) is 3.21. The molecule has 2 aromatic carbocycles. The van der Waals surface area contributed by atoms with E-state index in [1.54, 1.807) is 12.1 Å². The Kier molecular flexibility index (Phi) is 3.26. The Bertz CT molecular complexity index is 537. The number of phenols is 1. The van der Waals surface area contributed by atoms with Gasteiger partial charge in [-0.25, -0.2) is 0 Å². The van der Waals surface area contributed by atoms with E-state index in [-0.39, 0.29) is 0 Å². The Morgan fingerprint density at radius 3 is 2.16 bits per heavy atom. The number of hydrogen-bond donors (Lipinski definition) is 2. The second kappa shape index (κ2) is 5.06. The minimum absolute atomic E-state index is 0.305. The van der Waals surface area contributed by atoms with Crippen LogP contribution in [0.5, 0.6) is 5.75 Å². The van der Waals surface area contributed by atoms with E-state index in [9.17, 15) is 5.11 Å². The Balaban J connectivity index is 1.66. The molecule has 3 rings (SSSR count). The van der Waals surface area contributed by atoms with Crippen LogP contribution in [0.4, 0.5) is 0 Å². The lowest BCUT2D eigenvalue weighted by Crippen LogP contribution is -2.31. The topological polar surface area (TPSA) is 32.3 Å². The molecule has 0 aromatic heterocycles. The largest absolute Gasteiger partial charge is 0.508 e. The fourth-order valence-electron chi connectivity index (χ4n) is 2.89. The van der Waals surface area contributed by atoms with Crippen LogP contribution in [-0.4, -0.2) is 11.1 Å². The Morgan fingerprint density at radius 2 is 1.58 bits per heavy atom. The average molecular weight is 253 g/mol. The standard InChI is InChI=1S/C17H19NO/c1-12(13-6-8-17(19)9-7-13)18-16-10-14-4-2-3-5-15(14)11-16/h2-9,12,16,18-19H,10-11H2,1H3. The minimum atomic E-state index is 0.305. The van der Waals surface area contributed by atoms with Gasteiger partial charge in [0, 0.05) is 12.1 Å². The van der Waals surface area contributed by atoms with E-state index in [1.807, 2.05) is 12.1 Å². The first kappa shape index (κ1) is 12.2. The van der Waals surface area contributed by atoms with Gasteiger partial charge < -0.3 is 10.4 Å². The summed E-state index contributed by atoms with van der Waals surface area (Å²) in [4.78, 5) is 0. The van der Waals surface area contributed by atoms with Gasteiger partial charge in [0.2, 0.25) is 0 Å². The second-order valence-corrected chi connectivity index (χ2v) is 5.35. The lowest BCUT2D eigenvalue weighted by atomic mass is 10.1. The molecule has 0 bridgehead atoms. The van der Waals surface area contributed by atoms with Crippen molar-refractivity contribution in [3.63, 3.8) is 0 Å². The van der Waals surface area contributed by atoms with Gasteiger partial charge in [0.15, 0.2) is 0 Å². The number of benzene rings is 2. The molecule has 2 nitrogen and oxygen atoms in total. The minimum Gasteiger partial charge on any atom is -0.508 e. The predicted molar refractivity (Wildman–Crippen MR) is 77.3 cm³/mol. The molecular formula is C17H19NO. The number of hydrogen-bond acceptors (Lipinski definition) is 2. The van der Waals surface area contributed by atoms with Crippen LogP contribution >= 0.6 is 0 Å². The molecule has 0 amide bonds. The quantitative estimate of drug-likeness (QED) is 0.880. The summed E-state index contributed by atoms with van der Waals surface area (Å²) in [5, 5.41) is 13.0.